The van der Waals surface area contributed by atoms with E-state index >= 15 is 0 Å². The molecule has 0 radical (unpaired) electrons. The van der Waals surface area contributed by atoms with E-state index < -0.39 is 0 Å². The van der Waals surface area contributed by atoms with Crippen molar-refractivity contribution in [1.29, 1.82) is 0 Å². The molecule has 1 aliphatic rings. The summed E-state index contributed by atoms with van der Waals surface area (Å²) in [5.41, 5.74) is 0. The van der Waals surface area contributed by atoms with Crippen LogP contribution >= 0.6 is 0 Å². The molecule has 0 spiro atoms. The van der Waals surface area contributed by atoms with Gasteiger partial charge in [-0.05, 0) is 30.9 Å². The fourth-order valence-electron chi connectivity index (χ4n) is 2.44. The second-order valence-corrected chi connectivity index (χ2v) is 5.04. The maximum atomic E-state index is 11.8. The Kier molecular flexibility index (Phi) is 4.62. The first-order chi connectivity index (χ1) is 8.75. The molecule has 0 heterocycles. The zero-order chi connectivity index (χ0) is 12.8. The molecule has 0 aliphatic heterocycles. The molecule has 2 rings (SSSR count). The van der Waals surface area contributed by atoms with Gasteiger partial charge in [-0.1, -0.05) is 38.0 Å². The van der Waals surface area contributed by atoms with Gasteiger partial charge in [0.25, 0.3) is 5.91 Å². The van der Waals surface area contributed by atoms with Crippen molar-refractivity contribution < 1.29 is 9.53 Å². The predicted molar refractivity (Wildman–Crippen MR) is 71.5 cm³/mol. The Labute approximate surface area is 109 Å². The minimum Gasteiger partial charge on any atom is -0.484 e. The van der Waals surface area contributed by atoms with E-state index in [9.17, 15) is 4.79 Å². The highest BCUT2D eigenvalue weighted by Crippen LogP contribution is 2.23. The van der Waals surface area contributed by atoms with Crippen LogP contribution in [-0.4, -0.2) is 18.6 Å². The molecule has 1 aromatic rings. The van der Waals surface area contributed by atoms with Crippen molar-refractivity contribution in [2.24, 2.45) is 5.92 Å². The van der Waals surface area contributed by atoms with Crippen molar-refractivity contribution in [1.82, 2.24) is 5.32 Å². The monoisotopic (exact) mass is 247 g/mol. The summed E-state index contributed by atoms with van der Waals surface area (Å²) in [7, 11) is 0. The van der Waals surface area contributed by atoms with Crippen molar-refractivity contribution in [3.63, 3.8) is 0 Å². The summed E-state index contributed by atoms with van der Waals surface area (Å²) in [5, 5.41) is 3.07. The van der Waals surface area contributed by atoms with Gasteiger partial charge in [0.1, 0.15) is 5.75 Å². The van der Waals surface area contributed by atoms with E-state index in [-0.39, 0.29) is 12.5 Å². The highest BCUT2D eigenvalue weighted by atomic mass is 16.5. The molecule has 0 saturated heterocycles. The summed E-state index contributed by atoms with van der Waals surface area (Å²) < 4.78 is 5.43. The third-order valence-electron chi connectivity index (χ3n) is 3.57. The van der Waals surface area contributed by atoms with Crippen LogP contribution in [0.15, 0.2) is 30.3 Å². The number of ether oxygens (including phenoxy) is 1. The van der Waals surface area contributed by atoms with E-state index in [1.54, 1.807) is 0 Å². The van der Waals surface area contributed by atoms with Crippen molar-refractivity contribution in [2.45, 2.75) is 38.6 Å². The normalized spacial score (nSPS) is 23.4. The van der Waals surface area contributed by atoms with Crippen LogP contribution in [0, 0.1) is 5.92 Å². The second-order valence-electron chi connectivity index (χ2n) is 5.04. The number of hydrogen-bond acceptors (Lipinski definition) is 2. The van der Waals surface area contributed by atoms with Gasteiger partial charge in [-0.15, -0.1) is 0 Å². The molecule has 3 nitrogen and oxygen atoms in total. The minimum absolute atomic E-state index is 0.0161. The molecular weight excluding hydrogens is 226 g/mol. The maximum Gasteiger partial charge on any atom is 0.258 e. The summed E-state index contributed by atoms with van der Waals surface area (Å²) in [6.07, 6.45) is 4.81. The first-order valence-corrected chi connectivity index (χ1v) is 6.73. The lowest BCUT2D eigenvalue weighted by molar-refractivity contribution is -0.124. The number of carbonyl (C=O) groups is 1. The first kappa shape index (κ1) is 12.9. The van der Waals surface area contributed by atoms with E-state index in [1.165, 1.54) is 19.3 Å². The van der Waals surface area contributed by atoms with Gasteiger partial charge in [0, 0.05) is 6.04 Å². The van der Waals surface area contributed by atoms with Gasteiger partial charge in [0.05, 0.1) is 0 Å². The van der Waals surface area contributed by atoms with Crippen LogP contribution in [0.3, 0.4) is 0 Å². The van der Waals surface area contributed by atoms with Gasteiger partial charge in [0.2, 0.25) is 0 Å². The van der Waals surface area contributed by atoms with Crippen molar-refractivity contribution >= 4 is 5.91 Å². The van der Waals surface area contributed by atoms with Crippen LogP contribution < -0.4 is 10.1 Å². The standard InChI is InChI=1S/C15H21NO2/c1-12-7-5-6-10-14(12)16-15(17)11-18-13-8-3-2-4-9-13/h2-4,8-9,12,14H,5-7,10-11H2,1H3,(H,16,17)/t12-,14-/m0/s1. The number of rotatable bonds is 4. The van der Waals surface area contributed by atoms with Gasteiger partial charge < -0.3 is 10.1 Å². The lowest BCUT2D eigenvalue weighted by Crippen LogP contribution is -2.43. The lowest BCUT2D eigenvalue weighted by Gasteiger charge is -2.29. The summed E-state index contributed by atoms with van der Waals surface area (Å²) in [4.78, 5) is 11.8. The fourth-order valence-corrected chi connectivity index (χ4v) is 2.44. The Bertz CT molecular complexity index is 377. The van der Waals surface area contributed by atoms with Crippen molar-refractivity contribution in [3.8, 4) is 5.75 Å². The summed E-state index contributed by atoms with van der Waals surface area (Å²) >= 11 is 0. The predicted octanol–water partition coefficient (Wildman–Crippen LogP) is 2.76. The van der Waals surface area contributed by atoms with E-state index in [4.69, 9.17) is 4.74 Å². The number of nitrogens with one attached hydrogen (secondary N) is 1. The van der Waals surface area contributed by atoms with Crippen LogP contribution in [0.2, 0.25) is 0 Å². The Balaban J connectivity index is 1.75. The average Bonchev–Trinajstić information content (AvgIpc) is 2.40. The van der Waals surface area contributed by atoms with Crippen LogP contribution in [0.5, 0.6) is 5.75 Å². The van der Waals surface area contributed by atoms with E-state index in [2.05, 4.69) is 12.2 Å². The van der Waals surface area contributed by atoms with Gasteiger partial charge in [0.15, 0.2) is 6.61 Å². The van der Waals surface area contributed by atoms with E-state index in [0.29, 0.717) is 12.0 Å². The molecule has 0 unspecified atom stereocenters. The quantitative estimate of drug-likeness (QED) is 0.888. The molecule has 1 amide bonds. The number of hydrogen-bond donors (Lipinski definition) is 1. The third-order valence-corrected chi connectivity index (χ3v) is 3.57. The molecule has 1 aromatic carbocycles. The zero-order valence-corrected chi connectivity index (χ0v) is 10.9. The molecule has 2 atom stereocenters. The van der Waals surface area contributed by atoms with Gasteiger partial charge >= 0.3 is 0 Å². The van der Waals surface area contributed by atoms with Gasteiger partial charge in [-0.2, -0.15) is 0 Å². The second kappa shape index (κ2) is 6.43. The number of carbonyl (C=O) groups excluding carboxylic acids is 1. The van der Waals surface area contributed by atoms with Gasteiger partial charge in [-0.25, -0.2) is 0 Å². The molecule has 18 heavy (non-hydrogen) atoms. The van der Waals surface area contributed by atoms with Crippen molar-refractivity contribution in [2.75, 3.05) is 6.61 Å². The molecule has 1 fully saturated rings. The zero-order valence-electron chi connectivity index (χ0n) is 10.9. The largest absolute Gasteiger partial charge is 0.484 e. The van der Waals surface area contributed by atoms with Gasteiger partial charge in [-0.3, -0.25) is 4.79 Å². The van der Waals surface area contributed by atoms with E-state index in [0.717, 1.165) is 12.2 Å². The number of amides is 1. The van der Waals surface area contributed by atoms with Crippen molar-refractivity contribution in [3.05, 3.63) is 30.3 Å². The van der Waals surface area contributed by atoms with Crippen LogP contribution in [0.1, 0.15) is 32.6 Å². The summed E-state index contributed by atoms with van der Waals surface area (Å²) in [5.74, 6) is 1.31. The Hall–Kier alpha value is -1.51. The molecule has 0 bridgehead atoms. The molecule has 0 aromatic heterocycles. The number of benzene rings is 1. The Morgan fingerprint density at radius 3 is 2.72 bits per heavy atom. The highest BCUT2D eigenvalue weighted by Gasteiger charge is 2.22. The minimum atomic E-state index is -0.0161. The van der Waals surface area contributed by atoms with Crippen LogP contribution in [0.25, 0.3) is 0 Å². The van der Waals surface area contributed by atoms with Crippen LogP contribution in [0.4, 0.5) is 0 Å². The molecule has 3 heteroatoms. The SMILES string of the molecule is C[C@H]1CCCC[C@@H]1NC(=O)COc1ccccc1. The summed E-state index contributed by atoms with van der Waals surface area (Å²) in [6, 6.07) is 9.77. The van der Waals surface area contributed by atoms with E-state index in [1.807, 2.05) is 30.3 Å². The lowest BCUT2D eigenvalue weighted by atomic mass is 9.86. The molecular formula is C15H21NO2. The average molecular weight is 247 g/mol. The first-order valence-electron chi connectivity index (χ1n) is 6.73. The molecule has 1 aliphatic carbocycles. The molecule has 1 N–H and O–H groups in total. The molecule has 98 valence electrons. The number of para-hydroxylation sites is 1. The molecule has 1 saturated carbocycles. The Morgan fingerprint density at radius 2 is 2.00 bits per heavy atom. The maximum absolute atomic E-state index is 11.8. The smallest absolute Gasteiger partial charge is 0.258 e. The topological polar surface area (TPSA) is 38.3 Å². The van der Waals surface area contributed by atoms with Crippen LogP contribution in [-0.2, 0) is 4.79 Å². The summed E-state index contributed by atoms with van der Waals surface area (Å²) in [6.45, 7) is 2.31. The fraction of sp³-hybridized carbons (Fsp3) is 0.533. The third kappa shape index (κ3) is 3.76. The highest BCUT2D eigenvalue weighted by molar-refractivity contribution is 5.77. The Morgan fingerprint density at radius 1 is 1.28 bits per heavy atom.